The van der Waals surface area contributed by atoms with Gasteiger partial charge in [-0.15, -0.1) is 0 Å². The first-order valence-corrected chi connectivity index (χ1v) is 5.62. The average molecular weight is 184 g/mol. The molecule has 72 valence electrons. The molecular formula is C14H16. The highest BCUT2D eigenvalue weighted by Gasteiger charge is 2.33. The number of hydrogen-bond donors (Lipinski definition) is 0. The highest BCUT2D eigenvalue weighted by molar-refractivity contribution is 5.58. The van der Waals surface area contributed by atoms with Gasteiger partial charge >= 0.3 is 0 Å². The Bertz CT molecular complexity index is 375. The van der Waals surface area contributed by atoms with Gasteiger partial charge in [0.25, 0.3) is 0 Å². The molecule has 0 N–H and O–H groups in total. The van der Waals surface area contributed by atoms with Gasteiger partial charge in [-0.25, -0.2) is 0 Å². The Labute approximate surface area is 85.6 Å². The fourth-order valence-electron chi connectivity index (χ4n) is 3.13. The van der Waals surface area contributed by atoms with Gasteiger partial charge < -0.3 is 0 Å². The Morgan fingerprint density at radius 3 is 2.93 bits per heavy atom. The zero-order valence-corrected chi connectivity index (χ0v) is 8.61. The van der Waals surface area contributed by atoms with Crippen LogP contribution < -0.4 is 0 Å². The van der Waals surface area contributed by atoms with Crippen molar-refractivity contribution in [1.29, 1.82) is 0 Å². The summed E-state index contributed by atoms with van der Waals surface area (Å²) in [4.78, 5) is 0. The van der Waals surface area contributed by atoms with Crippen molar-refractivity contribution in [3.05, 3.63) is 41.5 Å². The summed E-state index contributed by atoms with van der Waals surface area (Å²) < 4.78 is 0. The molecule has 2 aliphatic carbocycles. The van der Waals surface area contributed by atoms with Crippen molar-refractivity contribution in [3.8, 4) is 0 Å². The van der Waals surface area contributed by atoms with Gasteiger partial charge in [-0.3, -0.25) is 0 Å². The molecule has 14 heavy (non-hydrogen) atoms. The third-order valence-electron chi connectivity index (χ3n) is 3.77. The van der Waals surface area contributed by atoms with E-state index in [9.17, 15) is 0 Å². The molecule has 2 aliphatic rings. The molecule has 0 aromatic heterocycles. The first-order chi connectivity index (χ1) is 6.84. The highest BCUT2D eigenvalue weighted by atomic mass is 14.4. The smallest absolute Gasteiger partial charge is 0.00903 e. The van der Waals surface area contributed by atoms with Crippen LogP contribution in [-0.4, -0.2) is 0 Å². The quantitative estimate of drug-likeness (QED) is 0.574. The average Bonchev–Trinajstić information content (AvgIpc) is 2.59. The van der Waals surface area contributed by atoms with Crippen LogP contribution in [-0.2, 0) is 0 Å². The topological polar surface area (TPSA) is 0 Å². The van der Waals surface area contributed by atoms with E-state index in [4.69, 9.17) is 0 Å². The zero-order valence-electron chi connectivity index (χ0n) is 8.61. The van der Waals surface area contributed by atoms with E-state index in [1.54, 1.807) is 5.56 Å². The summed E-state index contributed by atoms with van der Waals surface area (Å²) in [5.74, 6) is 2.53. The van der Waals surface area contributed by atoms with E-state index in [2.05, 4.69) is 43.3 Å². The maximum atomic E-state index is 2.43. The molecular weight excluding hydrogens is 168 g/mol. The monoisotopic (exact) mass is 184 g/mol. The molecule has 0 nitrogen and oxygen atoms in total. The van der Waals surface area contributed by atoms with E-state index in [-0.39, 0.29) is 0 Å². The number of fused-ring (bicyclic) bond motifs is 3. The zero-order chi connectivity index (χ0) is 9.54. The molecule has 1 aromatic rings. The van der Waals surface area contributed by atoms with Crippen LogP contribution in [0, 0.1) is 11.8 Å². The fraction of sp³-hybridized carbons (Fsp3) is 0.429. The third-order valence-corrected chi connectivity index (χ3v) is 3.77. The van der Waals surface area contributed by atoms with E-state index >= 15 is 0 Å². The molecule has 0 bridgehead atoms. The number of benzene rings is 1. The van der Waals surface area contributed by atoms with Crippen molar-refractivity contribution < 1.29 is 0 Å². The van der Waals surface area contributed by atoms with Crippen molar-refractivity contribution >= 4 is 6.08 Å². The molecule has 0 spiro atoms. The summed E-state index contributed by atoms with van der Waals surface area (Å²) in [7, 11) is 0. The normalized spacial score (nSPS) is 33.9. The molecule has 2 unspecified atom stereocenters. The molecule has 0 saturated heterocycles. The summed E-state index contributed by atoms with van der Waals surface area (Å²) >= 11 is 0. The SMILES string of the molecule is C[C@H]1CC2C=Cc3ccccc3C2C1. The van der Waals surface area contributed by atoms with Crippen LogP contribution >= 0.6 is 0 Å². The molecule has 0 heteroatoms. The molecule has 0 amide bonds. The van der Waals surface area contributed by atoms with Gasteiger partial charge in [-0.05, 0) is 41.7 Å². The lowest BCUT2D eigenvalue weighted by Crippen LogP contribution is -2.08. The maximum absolute atomic E-state index is 2.43. The molecule has 1 aromatic carbocycles. The van der Waals surface area contributed by atoms with Crippen molar-refractivity contribution in [2.24, 2.45) is 11.8 Å². The lowest BCUT2D eigenvalue weighted by atomic mass is 9.82. The second kappa shape index (κ2) is 2.98. The van der Waals surface area contributed by atoms with Gasteiger partial charge in [0.2, 0.25) is 0 Å². The minimum absolute atomic E-state index is 0.811. The van der Waals surface area contributed by atoms with Crippen molar-refractivity contribution in [1.82, 2.24) is 0 Å². The molecule has 3 rings (SSSR count). The Hall–Kier alpha value is -1.04. The van der Waals surface area contributed by atoms with Gasteiger partial charge in [0.1, 0.15) is 0 Å². The lowest BCUT2D eigenvalue weighted by molar-refractivity contribution is 0.580. The van der Waals surface area contributed by atoms with Crippen LogP contribution in [0.5, 0.6) is 0 Å². The third kappa shape index (κ3) is 1.13. The van der Waals surface area contributed by atoms with Crippen LogP contribution in [0.1, 0.15) is 36.8 Å². The van der Waals surface area contributed by atoms with Gasteiger partial charge in [0, 0.05) is 0 Å². The predicted octanol–water partition coefficient (Wildman–Crippen LogP) is 3.84. The molecule has 0 aliphatic heterocycles. The molecule has 1 saturated carbocycles. The molecule has 0 radical (unpaired) electrons. The summed E-state index contributed by atoms with van der Waals surface area (Å²) in [6.45, 7) is 2.38. The minimum Gasteiger partial charge on any atom is -0.0802 e. The number of hydrogen-bond acceptors (Lipinski definition) is 0. The molecule has 1 fully saturated rings. The Morgan fingerprint density at radius 2 is 2.00 bits per heavy atom. The molecule has 3 atom stereocenters. The Balaban J connectivity index is 2.07. The van der Waals surface area contributed by atoms with Crippen LogP contribution in [0.25, 0.3) is 6.08 Å². The van der Waals surface area contributed by atoms with Crippen LogP contribution in [0.2, 0.25) is 0 Å². The van der Waals surface area contributed by atoms with Gasteiger partial charge in [0.15, 0.2) is 0 Å². The van der Waals surface area contributed by atoms with Crippen LogP contribution in [0.15, 0.2) is 30.3 Å². The second-order valence-corrected chi connectivity index (χ2v) is 4.83. The summed E-state index contributed by atoms with van der Waals surface area (Å²) in [5.41, 5.74) is 3.03. The summed E-state index contributed by atoms with van der Waals surface area (Å²) in [6, 6.07) is 8.87. The van der Waals surface area contributed by atoms with E-state index in [0.717, 1.165) is 17.8 Å². The van der Waals surface area contributed by atoms with E-state index in [1.165, 1.54) is 18.4 Å². The van der Waals surface area contributed by atoms with Gasteiger partial charge in [-0.1, -0.05) is 43.3 Å². The maximum Gasteiger partial charge on any atom is -0.00903 e. The van der Waals surface area contributed by atoms with Crippen LogP contribution in [0.4, 0.5) is 0 Å². The summed E-state index contributed by atoms with van der Waals surface area (Å²) in [5, 5.41) is 0. The second-order valence-electron chi connectivity index (χ2n) is 4.83. The predicted molar refractivity (Wildman–Crippen MR) is 60.1 cm³/mol. The van der Waals surface area contributed by atoms with Crippen molar-refractivity contribution in [3.63, 3.8) is 0 Å². The highest BCUT2D eigenvalue weighted by Crippen LogP contribution is 2.47. The lowest BCUT2D eigenvalue weighted by Gasteiger charge is -2.23. The number of rotatable bonds is 0. The fourth-order valence-corrected chi connectivity index (χ4v) is 3.13. The summed E-state index contributed by atoms with van der Waals surface area (Å²) in [6.07, 6.45) is 7.51. The van der Waals surface area contributed by atoms with Crippen molar-refractivity contribution in [2.45, 2.75) is 25.7 Å². The van der Waals surface area contributed by atoms with E-state index < -0.39 is 0 Å². The molecule has 0 heterocycles. The van der Waals surface area contributed by atoms with Gasteiger partial charge in [-0.2, -0.15) is 0 Å². The Kier molecular flexibility index (Phi) is 1.76. The standard InChI is InChI=1S/C14H16/c1-10-8-12-7-6-11-4-2-3-5-13(11)14(12)9-10/h2-7,10,12,14H,8-9H2,1H3/t10-,12?,14?/m0/s1. The first-order valence-electron chi connectivity index (χ1n) is 5.62. The van der Waals surface area contributed by atoms with E-state index in [0.29, 0.717) is 0 Å². The minimum atomic E-state index is 0.811. The largest absolute Gasteiger partial charge is 0.0802 e. The van der Waals surface area contributed by atoms with E-state index in [1.807, 2.05) is 0 Å². The van der Waals surface area contributed by atoms with Gasteiger partial charge in [0.05, 0.1) is 0 Å². The first kappa shape index (κ1) is 8.28. The number of allylic oxidation sites excluding steroid dienone is 1. The van der Waals surface area contributed by atoms with Crippen molar-refractivity contribution in [2.75, 3.05) is 0 Å². The van der Waals surface area contributed by atoms with Crippen LogP contribution in [0.3, 0.4) is 0 Å². The Morgan fingerprint density at radius 1 is 1.14 bits per heavy atom.